The van der Waals surface area contributed by atoms with Crippen LogP contribution >= 0.6 is 0 Å². The summed E-state index contributed by atoms with van der Waals surface area (Å²) >= 11 is 0. The summed E-state index contributed by atoms with van der Waals surface area (Å²) in [5, 5.41) is 9.09. The van der Waals surface area contributed by atoms with E-state index < -0.39 is 12.1 Å². The minimum atomic E-state index is -0.961. The quantitative estimate of drug-likeness (QED) is 0.829. The summed E-state index contributed by atoms with van der Waals surface area (Å²) in [5.74, 6) is -0.0191. The average Bonchev–Trinajstić information content (AvgIpc) is 2.67. The lowest BCUT2D eigenvalue weighted by molar-refractivity contribution is -0.144. The third-order valence-electron chi connectivity index (χ3n) is 6.06. The zero-order chi connectivity index (χ0) is 19.4. The summed E-state index contributed by atoms with van der Waals surface area (Å²) in [6.45, 7) is 8.05. The SMILES string of the molecule is CCN1CC2(CCC1=O)CCN(Cc1ccccc1O[C@H](C)C(=O)O)CC2. The van der Waals surface area contributed by atoms with Crippen molar-refractivity contribution in [1.82, 2.24) is 9.80 Å². The number of carbonyl (C=O) groups is 2. The molecule has 1 amide bonds. The van der Waals surface area contributed by atoms with Crippen LogP contribution in [0.1, 0.15) is 45.1 Å². The van der Waals surface area contributed by atoms with E-state index in [0.717, 1.165) is 57.5 Å². The van der Waals surface area contributed by atoms with Crippen LogP contribution in [0.25, 0.3) is 0 Å². The van der Waals surface area contributed by atoms with Gasteiger partial charge in [0.1, 0.15) is 5.75 Å². The van der Waals surface area contributed by atoms with E-state index in [1.165, 1.54) is 0 Å². The minimum Gasteiger partial charge on any atom is -0.479 e. The van der Waals surface area contributed by atoms with Gasteiger partial charge in [0, 0.05) is 31.6 Å². The van der Waals surface area contributed by atoms with Crippen molar-refractivity contribution in [3.63, 3.8) is 0 Å². The lowest BCUT2D eigenvalue weighted by Gasteiger charge is -2.47. The number of carbonyl (C=O) groups excluding carboxylic acids is 1. The van der Waals surface area contributed by atoms with Crippen molar-refractivity contribution in [2.24, 2.45) is 5.41 Å². The molecule has 1 spiro atoms. The van der Waals surface area contributed by atoms with Crippen LogP contribution in [0.4, 0.5) is 0 Å². The second-order valence-corrected chi connectivity index (χ2v) is 7.89. The third kappa shape index (κ3) is 4.61. The molecule has 2 aliphatic heterocycles. The predicted octanol–water partition coefficient (Wildman–Crippen LogP) is 2.76. The Morgan fingerprint density at radius 3 is 2.63 bits per heavy atom. The standard InChI is InChI=1S/C21H30N2O4/c1-3-23-15-21(9-8-19(23)24)10-12-22(13-11-21)14-17-6-4-5-7-18(17)27-16(2)20(25)26/h4-7,16H,3,8-15H2,1-2H3,(H,25,26)/t16-/m1/s1. The van der Waals surface area contributed by atoms with Crippen molar-refractivity contribution in [1.29, 1.82) is 0 Å². The molecule has 0 unspecified atom stereocenters. The van der Waals surface area contributed by atoms with Crippen LogP contribution in [0.3, 0.4) is 0 Å². The Morgan fingerprint density at radius 1 is 1.26 bits per heavy atom. The fourth-order valence-corrected chi connectivity index (χ4v) is 4.22. The monoisotopic (exact) mass is 374 g/mol. The molecule has 0 aromatic heterocycles. The van der Waals surface area contributed by atoms with Crippen molar-refractivity contribution >= 4 is 11.9 Å². The molecule has 0 bridgehead atoms. The Balaban J connectivity index is 1.60. The molecule has 3 rings (SSSR count). The molecule has 1 atom stereocenters. The number of hydrogen-bond donors (Lipinski definition) is 1. The van der Waals surface area contributed by atoms with Gasteiger partial charge < -0.3 is 14.7 Å². The molecule has 6 nitrogen and oxygen atoms in total. The molecule has 148 valence electrons. The maximum atomic E-state index is 12.0. The zero-order valence-corrected chi connectivity index (χ0v) is 16.3. The van der Waals surface area contributed by atoms with E-state index in [1.807, 2.05) is 29.2 Å². The van der Waals surface area contributed by atoms with Crippen molar-refractivity contribution in [2.45, 2.75) is 52.2 Å². The maximum absolute atomic E-state index is 12.0. The highest BCUT2D eigenvalue weighted by molar-refractivity contribution is 5.77. The van der Waals surface area contributed by atoms with E-state index in [2.05, 4.69) is 11.8 Å². The van der Waals surface area contributed by atoms with Crippen molar-refractivity contribution in [2.75, 3.05) is 26.2 Å². The van der Waals surface area contributed by atoms with Crippen molar-refractivity contribution in [3.05, 3.63) is 29.8 Å². The molecule has 2 saturated heterocycles. The molecule has 27 heavy (non-hydrogen) atoms. The van der Waals surface area contributed by atoms with Gasteiger partial charge in [-0.1, -0.05) is 18.2 Å². The number of rotatable bonds is 6. The van der Waals surface area contributed by atoms with Gasteiger partial charge in [0.2, 0.25) is 5.91 Å². The summed E-state index contributed by atoms with van der Waals surface area (Å²) in [6.07, 6.45) is 3.02. The Labute approximate surface area is 161 Å². The number of aliphatic carboxylic acids is 1. The number of ether oxygens (including phenoxy) is 1. The highest BCUT2D eigenvalue weighted by Gasteiger charge is 2.40. The largest absolute Gasteiger partial charge is 0.479 e. The lowest BCUT2D eigenvalue weighted by Crippen LogP contribution is -2.51. The summed E-state index contributed by atoms with van der Waals surface area (Å²) < 4.78 is 5.63. The molecular weight excluding hydrogens is 344 g/mol. The second-order valence-electron chi connectivity index (χ2n) is 7.89. The first-order valence-corrected chi connectivity index (χ1v) is 9.90. The second kappa shape index (κ2) is 8.30. The molecule has 0 radical (unpaired) electrons. The zero-order valence-electron chi connectivity index (χ0n) is 16.3. The summed E-state index contributed by atoms with van der Waals surface area (Å²) in [7, 11) is 0. The van der Waals surface area contributed by atoms with Gasteiger partial charge in [-0.3, -0.25) is 9.69 Å². The Kier molecular flexibility index (Phi) is 6.05. The van der Waals surface area contributed by atoms with E-state index >= 15 is 0 Å². The minimum absolute atomic E-state index is 0.272. The molecule has 2 heterocycles. The van der Waals surface area contributed by atoms with Crippen molar-refractivity contribution in [3.8, 4) is 5.75 Å². The highest BCUT2D eigenvalue weighted by Crippen LogP contribution is 2.40. The molecule has 1 aromatic carbocycles. The molecule has 0 aliphatic carbocycles. The van der Waals surface area contributed by atoms with Gasteiger partial charge in [-0.15, -0.1) is 0 Å². The van der Waals surface area contributed by atoms with Crippen LogP contribution in [-0.2, 0) is 16.1 Å². The summed E-state index contributed by atoms with van der Waals surface area (Å²) in [5.41, 5.74) is 1.30. The van der Waals surface area contributed by atoms with Crippen LogP contribution in [0.2, 0.25) is 0 Å². The van der Waals surface area contributed by atoms with E-state index in [4.69, 9.17) is 9.84 Å². The molecule has 1 aromatic rings. The number of hydrogen-bond acceptors (Lipinski definition) is 4. The van der Waals surface area contributed by atoms with Gasteiger partial charge in [0.25, 0.3) is 0 Å². The summed E-state index contributed by atoms with van der Waals surface area (Å²) in [4.78, 5) is 27.5. The number of piperidine rings is 2. The first-order chi connectivity index (χ1) is 12.9. The van der Waals surface area contributed by atoms with E-state index in [1.54, 1.807) is 6.92 Å². The first-order valence-electron chi connectivity index (χ1n) is 9.90. The van der Waals surface area contributed by atoms with E-state index in [-0.39, 0.29) is 5.41 Å². The third-order valence-corrected chi connectivity index (χ3v) is 6.06. The van der Waals surface area contributed by atoms with Gasteiger partial charge in [-0.25, -0.2) is 4.79 Å². The molecule has 1 N–H and O–H groups in total. The normalized spacial score (nSPS) is 21.3. The maximum Gasteiger partial charge on any atom is 0.344 e. The van der Waals surface area contributed by atoms with E-state index in [0.29, 0.717) is 18.1 Å². The van der Waals surface area contributed by atoms with Gasteiger partial charge in [0.15, 0.2) is 6.10 Å². The predicted molar refractivity (Wildman–Crippen MR) is 103 cm³/mol. The highest BCUT2D eigenvalue weighted by atomic mass is 16.5. The molecule has 2 aliphatic rings. The molecule has 6 heteroatoms. The van der Waals surface area contributed by atoms with Crippen molar-refractivity contribution < 1.29 is 19.4 Å². The van der Waals surface area contributed by atoms with Gasteiger partial charge >= 0.3 is 5.97 Å². The van der Waals surface area contributed by atoms with Crippen LogP contribution in [-0.4, -0.2) is 59.1 Å². The van der Waals surface area contributed by atoms with Crippen LogP contribution in [0.15, 0.2) is 24.3 Å². The molecule has 2 fully saturated rings. The number of carboxylic acid groups (broad SMARTS) is 1. The van der Waals surface area contributed by atoms with Gasteiger partial charge in [-0.05, 0) is 57.7 Å². The number of benzene rings is 1. The molecule has 0 saturated carbocycles. The topological polar surface area (TPSA) is 70.1 Å². The first kappa shape index (κ1) is 19.7. The fourth-order valence-electron chi connectivity index (χ4n) is 4.22. The fraction of sp³-hybridized carbons (Fsp3) is 0.619. The number of likely N-dealkylation sites (tertiary alicyclic amines) is 2. The van der Waals surface area contributed by atoms with E-state index in [9.17, 15) is 9.59 Å². The Bertz CT molecular complexity index is 683. The number of nitrogens with zero attached hydrogens (tertiary/aromatic N) is 2. The Morgan fingerprint density at radius 2 is 1.96 bits per heavy atom. The molecular formula is C21H30N2O4. The van der Waals surface area contributed by atoms with Gasteiger partial charge in [-0.2, -0.15) is 0 Å². The lowest BCUT2D eigenvalue weighted by atomic mass is 9.72. The smallest absolute Gasteiger partial charge is 0.344 e. The number of carboxylic acids is 1. The average molecular weight is 374 g/mol. The van der Waals surface area contributed by atoms with Crippen LogP contribution in [0.5, 0.6) is 5.75 Å². The Hall–Kier alpha value is -2.08. The number of amides is 1. The number of para-hydroxylation sites is 1. The van der Waals surface area contributed by atoms with Crippen LogP contribution < -0.4 is 4.74 Å². The summed E-state index contributed by atoms with van der Waals surface area (Å²) in [6, 6.07) is 7.68. The van der Waals surface area contributed by atoms with Crippen LogP contribution in [0, 0.1) is 5.41 Å². The van der Waals surface area contributed by atoms with Gasteiger partial charge in [0.05, 0.1) is 0 Å².